The number of carbonyl (C=O) groups is 1. The number of hydrogen-bond acceptors (Lipinski definition) is 4. The van der Waals surface area contributed by atoms with Gasteiger partial charge >= 0.3 is 0 Å². The van der Waals surface area contributed by atoms with Gasteiger partial charge in [-0.25, -0.2) is 10.9 Å². The lowest BCUT2D eigenvalue weighted by Gasteiger charge is -2.10. The molecule has 1 aromatic heterocycles. The average molecular weight is 303 g/mol. The van der Waals surface area contributed by atoms with Gasteiger partial charge in [-0.05, 0) is 36.2 Å². The highest BCUT2D eigenvalue weighted by Gasteiger charge is 2.30. The molecule has 1 saturated heterocycles. The molecule has 1 aliphatic rings. The van der Waals surface area contributed by atoms with Gasteiger partial charge in [0.25, 0.3) is 0 Å². The molecule has 2 unspecified atom stereocenters. The Morgan fingerprint density at radius 1 is 1.24 bits per heavy atom. The number of nitrogens with zero attached hydrogens (tertiary/aromatic N) is 1. The second-order valence-electron chi connectivity index (χ2n) is 4.91. The number of nitrogens with one attached hydrogen (secondary N) is 3. The van der Waals surface area contributed by atoms with Crippen LogP contribution in [-0.2, 0) is 4.79 Å². The smallest absolute Gasteiger partial charge is 0.242 e. The molecule has 1 amide bonds. The molecule has 3 rings (SSSR count). The standard InChI is InChI=1S/C15H15ClN4O/c16-11-3-1-2-10(8-11)13-9-14(20-19-13)15(21)18-12-4-6-17-7-5-12/h1-8,13-14,19-20H,9H2,(H,17,18,21). The van der Waals surface area contributed by atoms with Gasteiger partial charge in [-0.15, -0.1) is 0 Å². The van der Waals surface area contributed by atoms with Crippen LogP contribution in [-0.4, -0.2) is 16.9 Å². The van der Waals surface area contributed by atoms with Crippen LogP contribution in [0.25, 0.3) is 0 Å². The van der Waals surface area contributed by atoms with Crippen molar-refractivity contribution in [1.29, 1.82) is 0 Å². The normalized spacial score (nSPS) is 21.2. The van der Waals surface area contributed by atoms with Gasteiger partial charge in [0.2, 0.25) is 5.91 Å². The van der Waals surface area contributed by atoms with Crippen LogP contribution < -0.4 is 16.2 Å². The number of halogens is 1. The van der Waals surface area contributed by atoms with Crippen LogP contribution in [0.15, 0.2) is 48.8 Å². The van der Waals surface area contributed by atoms with Crippen LogP contribution in [0, 0.1) is 0 Å². The van der Waals surface area contributed by atoms with Crippen LogP contribution in [0.5, 0.6) is 0 Å². The van der Waals surface area contributed by atoms with Crippen molar-refractivity contribution >= 4 is 23.2 Å². The molecular formula is C15H15ClN4O. The lowest BCUT2D eigenvalue weighted by atomic mass is 10.0. The maximum absolute atomic E-state index is 12.2. The van der Waals surface area contributed by atoms with Gasteiger partial charge < -0.3 is 5.32 Å². The second kappa shape index (κ2) is 6.22. The van der Waals surface area contributed by atoms with Crippen molar-refractivity contribution in [3.8, 4) is 0 Å². The van der Waals surface area contributed by atoms with Gasteiger partial charge in [-0.1, -0.05) is 23.7 Å². The number of pyridine rings is 1. The van der Waals surface area contributed by atoms with Crippen molar-refractivity contribution in [2.75, 3.05) is 5.32 Å². The van der Waals surface area contributed by atoms with Crippen molar-refractivity contribution in [2.24, 2.45) is 0 Å². The summed E-state index contributed by atoms with van der Waals surface area (Å²) in [6.07, 6.45) is 3.95. The van der Waals surface area contributed by atoms with E-state index in [4.69, 9.17) is 11.6 Å². The Bertz CT molecular complexity index is 635. The highest BCUT2D eigenvalue weighted by atomic mass is 35.5. The minimum Gasteiger partial charge on any atom is -0.325 e. The van der Waals surface area contributed by atoms with Gasteiger partial charge in [0.1, 0.15) is 6.04 Å². The van der Waals surface area contributed by atoms with E-state index in [0.29, 0.717) is 11.4 Å². The minimum absolute atomic E-state index is 0.0666. The molecule has 0 aliphatic carbocycles. The fourth-order valence-electron chi connectivity index (χ4n) is 2.33. The molecule has 21 heavy (non-hydrogen) atoms. The zero-order chi connectivity index (χ0) is 14.7. The Kier molecular flexibility index (Phi) is 4.15. The summed E-state index contributed by atoms with van der Waals surface area (Å²) < 4.78 is 0. The van der Waals surface area contributed by atoms with E-state index in [9.17, 15) is 4.79 Å². The first kappa shape index (κ1) is 14.0. The summed E-state index contributed by atoms with van der Waals surface area (Å²) in [4.78, 5) is 16.1. The number of carbonyl (C=O) groups excluding carboxylic acids is 1. The van der Waals surface area contributed by atoms with Crippen LogP contribution in [0.2, 0.25) is 5.02 Å². The third kappa shape index (κ3) is 3.39. The average Bonchev–Trinajstić information content (AvgIpc) is 2.98. The SMILES string of the molecule is O=C(Nc1ccncc1)C1CC(c2cccc(Cl)c2)NN1. The van der Waals surface area contributed by atoms with Crippen molar-refractivity contribution in [1.82, 2.24) is 15.8 Å². The van der Waals surface area contributed by atoms with Crippen molar-refractivity contribution in [3.63, 3.8) is 0 Å². The van der Waals surface area contributed by atoms with E-state index in [2.05, 4.69) is 21.2 Å². The maximum atomic E-state index is 12.2. The molecule has 1 fully saturated rings. The van der Waals surface area contributed by atoms with Gasteiger partial charge in [-0.3, -0.25) is 9.78 Å². The van der Waals surface area contributed by atoms with E-state index in [-0.39, 0.29) is 18.0 Å². The summed E-state index contributed by atoms with van der Waals surface area (Å²) in [7, 11) is 0. The highest BCUT2D eigenvalue weighted by molar-refractivity contribution is 6.30. The molecule has 5 nitrogen and oxygen atoms in total. The van der Waals surface area contributed by atoms with E-state index < -0.39 is 0 Å². The highest BCUT2D eigenvalue weighted by Crippen LogP contribution is 2.24. The van der Waals surface area contributed by atoms with Crippen LogP contribution >= 0.6 is 11.6 Å². The topological polar surface area (TPSA) is 66.0 Å². The molecule has 2 atom stereocenters. The third-order valence-electron chi connectivity index (χ3n) is 3.42. The summed E-state index contributed by atoms with van der Waals surface area (Å²) in [5.41, 5.74) is 7.96. The number of aromatic nitrogens is 1. The fourth-order valence-corrected chi connectivity index (χ4v) is 2.53. The van der Waals surface area contributed by atoms with Gasteiger partial charge in [0, 0.05) is 29.1 Å². The Balaban J connectivity index is 1.63. The van der Waals surface area contributed by atoms with E-state index in [1.54, 1.807) is 24.5 Å². The predicted octanol–water partition coefficient (Wildman–Crippen LogP) is 2.28. The number of anilines is 1. The summed E-state index contributed by atoms with van der Waals surface area (Å²) >= 11 is 6.00. The monoisotopic (exact) mass is 302 g/mol. The van der Waals surface area contributed by atoms with Crippen molar-refractivity contribution in [3.05, 3.63) is 59.4 Å². The first-order valence-electron chi connectivity index (χ1n) is 6.70. The van der Waals surface area contributed by atoms with Crippen LogP contribution in [0.3, 0.4) is 0 Å². The van der Waals surface area contributed by atoms with Crippen LogP contribution in [0.4, 0.5) is 5.69 Å². The first-order chi connectivity index (χ1) is 10.2. The second-order valence-corrected chi connectivity index (χ2v) is 5.35. The molecule has 2 aromatic rings. The molecular weight excluding hydrogens is 288 g/mol. The summed E-state index contributed by atoms with van der Waals surface area (Å²) in [5, 5.41) is 3.55. The third-order valence-corrected chi connectivity index (χ3v) is 3.65. The minimum atomic E-state index is -0.290. The predicted molar refractivity (Wildman–Crippen MR) is 81.7 cm³/mol. The van der Waals surface area contributed by atoms with Gasteiger partial charge in [-0.2, -0.15) is 0 Å². The van der Waals surface area contributed by atoms with Gasteiger partial charge in [0.05, 0.1) is 0 Å². The molecule has 3 N–H and O–H groups in total. The lowest BCUT2D eigenvalue weighted by molar-refractivity contribution is -0.117. The molecule has 1 aliphatic heterocycles. The Morgan fingerprint density at radius 2 is 2.05 bits per heavy atom. The number of benzene rings is 1. The van der Waals surface area contributed by atoms with Crippen LogP contribution in [0.1, 0.15) is 18.0 Å². The number of rotatable bonds is 3. The van der Waals surface area contributed by atoms with Gasteiger partial charge in [0.15, 0.2) is 0 Å². The van der Waals surface area contributed by atoms with E-state index in [0.717, 1.165) is 11.3 Å². The Labute approximate surface area is 127 Å². The Morgan fingerprint density at radius 3 is 2.81 bits per heavy atom. The quantitative estimate of drug-likeness (QED) is 0.814. The zero-order valence-electron chi connectivity index (χ0n) is 11.2. The zero-order valence-corrected chi connectivity index (χ0v) is 12.0. The molecule has 0 radical (unpaired) electrons. The molecule has 0 saturated carbocycles. The van der Waals surface area contributed by atoms with Crippen molar-refractivity contribution in [2.45, 2.75) is 18.5 Å². The van der Waals surface area contributed by atoms with Crippen molar-refractivity contribution < 1.29 is 4.79 Å². The first-order valence-corrected chi connectivity index (χ1v) is 7.07. The molecule has 0 bridgehead atoms. The molecule has 0 spiro atoms. The number of hydrazine groups is 1. The maximum Gasteiger partial charge on any atom is 0.242 e. The van der Waals surface area contributed by atoms with E-state index >= 15 is 0 Å². The molecule has 1 aromatic carbocycles. The number of amides is 1. The van der Waals surface area contributed by atoms with E-state index in [1.807, 2.05) is 24.3 Å². The largest absolute Gasteiger partial charge is 0.325 e. The number of hydrogen-bond donors (Lipinski definition) is 3. The summed E-state index contributed by atoms with van der Waals surface area (Å²) in [5.74, 6) is -0.0711. The Hall–Kier alpha value is -1.95. The summed E-state index contributed by atoms with van der Waals surface area (Å²) in [6, 6.07) is 10.9. The molecule has 2 heterocycles. The summed E-state index contributed by atoms with van der Waals surface area (Å²) in [6.45, 7) is 0. The lowest BCUT2D eigenvalue weighted by Crippen LogP contribution is -2.39. The van der Waals surface area contributed by atoms with E-state index in [1.165, 1.54) is 0 Å². The fraction of sp³-hybridized carbons (Fsp3) is 0.200. The molecule has 6 heteroatoms. The molecule has 108 valence electrons.